The van der Waals surface area contributed by atoms with E-state index in [-0.39, 0.29) is 23.1 Å². The Bertz CT molecular complexity index is 181. The van der Waals surface area contributed by atoms with Crippen LogP contribution in [0, 0.1) is 6.92 Å². The summed E-state index contributed by atoms with van der Waals surface area (Å²) in [6.45, 7) is 2.10. The Morgan fingerprint density at radius 3 is 2.10 bits per heavy atom. The maximum absolute atomic E-state index is 3.38. The molecule has 0 bridgehead atoms. The second-order valence-corrected chi connectivity index (χ2v) is 2.68. The molecule has 0 nitrogen and oxygen atoms in total. The second-order valence-electron chi connectivity index (χ2n) is 2.12. The fourth-order valence-electron chi connectivity index (χ4n) is 0.677. The number of aryl methyl sites for hydroxylation is 1. The molecule has 0 aliphatic rings. The van der Waals surface area contributed by atoms with E-state index in [0.29, 0.717) is 0 Å². The summed E-state index contributed by atoms with van der Waals surface area (Å²) in [6.07, 6.45) is 0. The van der Waals surface area contributed by atoms with Gasteiger partial charge >= 0.3 is 23.1 Å². The molecule has 52 valence electrons. The fraction of sp³-hybridized carbons (Fsp3) is 0.250. The van der Waals surface area contributed by atoms with Crippen molar-refractivity contribution >= 4 is 39.0 Å². The standard InChI is InChI=1S/C8H9Br.Mg.2H/c1-7-2-4-8(6-9)5-3-7;;;/h2-5H,6H2,1H3;;;. The van der Waals surface area contributed by atoms with Gasteiger partial charge in [-0.05, 0) is 12.5 Å². The third-order valence-electron chi connectivity index (χ3n) is 1.27. The van der Waals surface area contributed by atoms with E-state index in [0.717, 1.165) is 5.33 Å². The predicted octanol–water partition coefficient (Wildman–Crippen LogP) is 1.97. The highest BCUT2D eigenvalue weighted by molar-refractivity contribution is 9.08. The lowest BCUT2D eigenvalue weighted by atomic mass is 10.2. The molecule has 0 fully saturated rings. The van der Waals surface area contributed by atoms with Crippen molar-refractivity contribution in [3.8, 4) is 0 Å². The highest BCUT2D eigenvalue weighted by Gasteiger charge is 1.85. The highest BCUT2D eigenvalue weighted by Crippen LogP contribution is 2.05. The summed E-state index contributed by atoms with van der Waals surface area (Å²) in [7, 11) is 0. The minimum atomic E-state index is 0. The summed E-state index contributed by atoms with van der Waals surface area (Å²) < 4.78 is 0. The van der Waals surface area contributed by atoms with Gasteiger partial charge in [-0.25, -0.2) is 0 Å². The van der Waals surface area contributed by atoms with E-state index < -0.39 is 0 Å². The molecule has 1 rings (SSSR count). The van der Waals surface area contributed by atoms with Crippen LogP contribution in [0.3, 0.4) is 0 Å². The first-order valence-electron chi connectivity index (χ1n) is 2.94. The molecule has 0 radical (unpaired) electrons. The van der Waals surface area contributed by atoms with Gasteiger partial charge in [0.15, 0.2) is 0 Å². The Balaban J connectivity index is 0.000000810. The summed E-state index contributed by atoms with van der Waals surface area (Å²) in [5, 5.41) is 0.952. The zero-order valence-corrected chi connectivity index (χ0v) is 6.98. The maximum Gasteiger partial charge on any atom is 0.316 e. The molecular formula is C8H11BrMg. The van der Waals surface area contributed by atoms with Crippen LogP contribution in [0.15, 0.2) is 24.3 Å². The van der Waals surface area contributed by atoms with Gasteiger partial charge in [0.25, 0.3) is 0 Å². The van der Waals surface area contributed by atoms with Crippen LogP contribution in [0.2, 0.25) is 0 Å². The van der Waals surface area contributed by atoms with Crippen LogP contribution in [-0.4, -0.2) is 23.1 Å². The average molecular weight is 211 g/mol. The van der Waals surface area contributed by atoms with Crippen molar-refractivity contribution < 1.29 is 0 Å². The van der Waals surface area contributed by atoms with Crippen molar-refractivity contribution in [3.05, 3.63) is 35.4 Å². The van der Waals surface area contributed by atoms with Gasteiger partial charge < -0.3 is 0 Å². The molecule has 0 unspecified atom stereocenters. The predicted molar refractivity (Wildman–Crippen MR) is 52.4 cm³/mol. The van der Waals surface area contributed by atoms with Crippen molar-refractivity contribution in [2.24, 2.45) is 0 Å². The first-order chi connectivity index (χ1) is 4.33. The third-order valence-corrected chi connectivity index (χ3v) is 1.92. The first kappa shape index (κ1) is 10.5. The lowest BCUT2D eigenvalue weighted by molar-refractivity contribution is 1.38. The summed E-state index contributed by atoms with van der Waals surface area (Å²) in [4.78, 5) is 0. The van der Waals surface area contributed by atoms with Crippen molar-refractivity contribution in [1.82, 2.24) is 0 Å². The number of benzene rings is 1. The summed E-state index contributed by atoms with van der Waals surface area (Å²) in [5.74, 6) is 0. The van der Waals surface area contributed by atoms with Gasteiger partial charge in [0.05, 0.1) is 0 Å². The lowest BCUT2D eigenvalue weighted by Gasteiger charge is -1.93. The van der Waals surface area contributed by atoms with E-state index in [4.69, 9.17) is 0 Å². The quantitative estimate of drug-likeness (QED) is 0.492. The van der Waals surface area contributed by atoms with E-state index >= 15 is 0 Å². The number of rotatable bonds is 1. The van der Waals surface area contributed by atoms with Crippen LogP contribution in [-0.2, 0) is 5.33 Å². The molecule has 0 spiro atoms. The van der Waals surface area contributed by atoms with Crippen molar-refractivity contribution in [2.75, 3.05) is 0 Å². The smallest absolute Gasteiger partial charge is 0.0876 e. The van der Waals surface area contributed by atoms with Crippen LogP contribution in [0.5, 0.6) is 0 Å². The molecule has 0 aliphatic carbocycles. The Morgan fingerprint density at radius 2 is 1.70 bits per heavy atom. The molecule has 0 atom stereocenters. The number of alkyl halides is 1. The summed E-state index contributed by atoms with van der Waals surface area (Å²) in [5.41, 5.74) is 2.65. The molecule has 2 heteroatoms. The molecule has 0 aromatic heterocycles. The largest absolute Gasteiger partial charge is 0.316 e. The number of halogens is 1. The SMILES string of the molecule is Cc1ccc(CBr)cc1.[MgH2]. The van der Waals surface area contributed by atoms with Gasteiger partial charge in [-0.15, -0.1) is 0 Å². The van der Waals surface area contributed by atoms with Crippen molar-refractivity contribution in [3.63, 3.8) is 0 Å². The van der Waals surface area contributed by atoms with Gasteiger partial charge in [0, 0.05) is 5.33 Å². The van der Waals surface area contributed by atoms with E-state index in [1.807, 2.05) is 0 Å². The maximum atomic E-state index is 3.38. The third kappa shape index (κ3) is 3.04. The molecular weight excluding hydrogens is 200 g/mol. The second kappa shape index (κ2) is 5.16. The van der Waals surface area contributed by atoms with Crippen molar-refractivity contribution in [1.29, 1.82) is 0 Å². The molecule has 0 saturated carbocycles. The highest BCUT2D eigenvalue weighted by atomic mass is 79.9. The van der Waals surface area contributed by atoms with Crippen LogP contribution in [0.1, 0.15) is 11.1 Å². The van der Waals surface area contributed by atoms with Crippen LogP contribution < -0.4 is 0 Å². The normalized spacial score (nSPS) is 8.60. The van der Waals surface area contributed by atoms with Crippen LogP contribution in [0.25, 0.3) is 0 Å². The van der Waals surface area contributed by atoms with E-state index in [2.05, 4.69) is 47.1 Å². The molecule has 0 saturated heterocycles. The van der Waals surface area contributed by atoms with Gasteiger partial charge in [-0.3, -0.25) is 0 Å². The Hall–Kier alpha value is 0.466. The van der Waals surface area contributed by atoms with Crippen LogP contribution in [0.4, 0.5) is 0 Å². The molecule has 0 aliphatic heterocycles. The number of hydrogen-bond acceptors (Lipinski definition) is 0. The topological polar surface area (TPSA) is 0 Å². The van der Waals surface area contributed by atoms with E-state index in [1.165, 1.54) is 11.1 Å². The van der Waals surface area contributed by atoms with E-state index in [1.54, 1.807) is 0 Å². The Morgan fingerprint density at radius 1 is 1.20 bits per heavy atom. The fourth-order valence-corrected chi connectivity index (χ4v) is 1.05. The van der Waals surface area contributed by atoms with E-state index in [9.17, 15) is 0 Å². The summed E-state index contributed by atoms with van der Waals surface area (Å²) >= 11 is 3.38. The monoisotopic (exact) mass is 210 g/mol. The molecule has 1 aromatic rings. The molecule has 0 amide bonds. The number of hydrogen-bond donors (Lipinski definition) is 0. The zero-order chi connectivity index (χ0) is 6.69. The average Bonchev–Trinajstić information content (AvgIpc) is 1.90. The minimum absolute atomic E-state index is 0. The molecule has 10 heavy (non-hydrogen) atoms. The van der Waals surface area contributed by atoms with Gasteiger partial charge in [0.2, 0.25) is 0 Å². The molecule has 0 heterocycles. The van der Waals surface area contributed by atoms with Gasteiger partial charge in [-0.1, -0.05) is 45.8 Å². The Labute approximate surface area is 86.3 Å². The molecule has 1 aromatic carbocycles. The first-order valence-corrected chi connectivity index (χ1v) is 4.06. The van der Waals surface area contributed by atoms with Crippen LogP contribution >= 0.6 is 15.9 Å². The van der Waals surface area contributed by atoms with Crippen molar-refractivity contribution in [2.45, 2.75) is 12.3 Å². The summed E-state index contributed by atoms with van der Waals surface area (Å²) in [6, 6.07) is 8.50. The minimum Gasteiger partial charge on any atom is -0.0876 e. The molecule has 0 N–H and O–H groups in total. The lowest BCUT2D eigenvalue weighted by Crippen LogP contribution is -1.75. The van der Waals surface area contributed by atoms with Gasteiger partial charge in [0.1, 0.15) is 0 Å². The Kier molecular flexibility index (Phi) is 5.40. The van der Waals surface area contributed by atoms with Gasteiger partial charge in [-0.2, -0.15) is 0 Å². The zero-order valence-electron chi connectivity index (χ0n) is 5.39.